The van der Waals surface area contributed by atoms with Crippen LogP contribution in [0.1, 0.15) is 19.8 Å². The largest absolute Gasteiger partial charge is 0.487 e. The Kier molecular flexibility index (Phi) is 3.69. The first-order valence-electron chi connectivity index (χ1n) is 5.99. The van der Waals surface area contributed by atoms with Gasteiger partial charge in [0.2, 0.25) is 0 Å². The van der Waals surface area contributed by atoms with Crippen LogP contribution in [0.5, 0.6) is 5.75 Å². The summed E-state index contributed by atoms with van der Waals surface area (Å²) in [4.78, 5) is 12.6. The lowest BCUT2D eigenvalue weighted by Crippen LogP contribution is -2.39. The number of rotatable bonds is 4. The Morgan fingerprint density at radius 1 is 1.61 bits per heavy atom. The summed E-state index contributed by atoms with van der Waals surface area (Å²) in [5.74, 6) is -0.590. The molecule has 0 aliphatic carbocycles. The third-order valence-corrected chi connectivity index (χ3v) is 2.89. The van der Waals surface area contributed by atoms with Gasteiger partial charge in [-0.25, -0.2) is 4.39 Å². The van der Waals surface area contributed by atoms with Gasteiger partial charge in [0.1, 0.15) is 17.7 Å². The molecule has 0 fully saturated rings. The molecular weight excluding hydrogens is 237 g/mol. The smallest absolute Gasteiger partial charge is 0.303 e. The second kappa shape index (κ2) is 5.25. The number of aliphatic carboxylic acids is 1. The maximum absolute atomic E-state index is 13.1. The third-order valence-electron chi connectivity index (χ3n) is 2.89. The van der Waals surface area contributed by atoms with Crippen molar-refractivity contribution >= 4 is 11.7 Å². The van der Waals surface area contributed by atoms with Gasteiger partial charge in [0.25, 0.3) is 0 Å². The number of fused-ring (bicyclic) bond motifs is 1. The van der Waals surface area contributed by atoms with Crippen LogP contribution in [0.4, 0.5) is 10.1 Å². The summed E-state index contributed by atoms with van der Waals surface area (Å²) in [5.41, 5.74) is 0.833. The van der Waals surface area contributed by atoms with Gasteiger partial charge in [0.15, 0.2) is 0 Å². The molecule has 0 saturated carbocycles. The van der Waals surface area contributed by atoms with E-state index >= 15 is 0 Å². The van der Waals surface area contributed by atoms with Crippen molar-refractivity contribution < 1.29 is 19.0 Å². The number of hydrogen-bond donors (Lipinski definition) is 1. The van der Waals surface area contributed by atoms with E-state index in [2.05, 4.69) is 0 Å². The number of carboxylic acids is 1. The molecule has 98 valence electrons. The third kappa shape index (κ3) is 2.91. The van der Waals surface area contributed by atoms with Crippen molar-refractivity contribution in [2.75, 3.05) is 18.0 Å². The van der Waals surface area contributed by atoms with Crippen LogP contribution in [0, 0.1) is 5.82 Å². The highest BCUT2D eigenvalue weighted by molar-refractivity contribution is 5.67. The van der Waals surface area contributed by atoms with Crippen LogP contribution in [0.2, 0.25) is 0 Å². The minimum Gasteiger partial charge on any atom is -0.487 e. The van der Waals surface area contributed by atoms with E-state index in [1.54, 1.807) is 6.07 Å². The highest BCUT2D eigenvalue weighted by atomic mass is 19.1. The van der Waals surface area contributed by atoms with Crippen LogP contribution >= 0.6 is 0 Å². The predicted molar refractivity (Wildman–Crippen MR) is 65.6 cm³/mol. The van der Waals surface area contributed by atoms with Crippen LogP contribution in [-0.2, 0) is 4.79 Å². The van der Waals surface area contributed by atoms with E-state index in [0.29, 0.717) is 25.3 Å². The molecule has 0 radical (unpaired) electrons. The van der Waals surface area contributed by atoms with Crippen molar-refractivity contribution in [2.45, 2.75) is 25.9 Å². The molecule has 0 bridgehead atoms. The van der Waals surface area contributed by atoms with Crippen molar-refractivity contribution in [1.29, 1.82) is 0 Å². The fourth-order valence-electron chi connectivity index (χ4n) is 2.14. The molecule has 18 heavy (non-hydrogen) atoms. The SMILES string of the molecule is CC1CN(CCCC(=O)O)c2ccc(F)cc2O1. The van der Waals surface area contributed by atoms with E-state index in [9.17, 15) is 9.18 Å². The maximum Gasteiger partial charge on any atom is 0.303 e. The number of carboxylic acid groups (broad SMARTS) is 1. The van der Waals surface area contributed by atoms with Gasteiger partial charge >= 0.3 is 5.97 Å². The van der Waals surface area contributed by atoms with Crippen LogP contribution in [0.3, 0.4) is 0 Å². The Hall–Kier alpha value is -1.78. The monoisotopic (exact) mass is 253 g/mol. The number of halogens is 1. The quantitative estimate of drug-likeness (QED) is 0.894. The van der Waals surface area contributed by atoms with E-state index in [-0.39, 0.29) is 18.3 Å². The van der Waals surface area contributed by atoms with Gasteiger partial charge in [-0.15, -0.1) is 0 Å². The summed E-state index contributed by atoms with van der Waals surface area (Å²) in [6.07, 6.45) is 0.686. The Morgan fingerprint density at radius 2 is 2.39 bits per heavy atom. The van der Waals surface area contributed by atoms with Gasteiger partial charge in [0.05, 0.1) is 12.2 Å². The number of anilines is 1. The molecule has 0 saturated heterocycles. The fourth-order valence-corrected chi connectivity index (χ4v) is 2.14. The summed E-state index contributed by atoms with van der Waals surface area (Å²) in [5, 5.41) is 8.63. The lowest BCUT2D eigenvalue weighted by molar-refractivity contribution is -0.137. The second-order valence-electron chi connectivity index (χ2n) is 4.48. The van der Waals surface area contributed by atoms with Gasteiger partial charge in [-0.3, -0.25) is 4.79 Å². The van der Waals surface area contributed by atoms with E-state index in [4.69, 9.17) is 9.84 Å². The Morgan fingerprint density at radius 3 is 3.11 bits per heavy atom. The first-order chi connectivity index (χ1) is 8.56. The Balaban J connectivity index is 2.10. The second-order valence-corrected chi connectivity index (χ2v) is 4.48. The Bertz CT molecular complexity index is 450. The minimum absolute atomic E-state index is 0.0240. The van der Waals surface area contributed by atoms with Crippen LogP contribution < -0.4 is 9.64 Å². The summed E-state index contributed by atoms with van der Waals surface area (Å²) < 4.78 is 18.7. The van der Waals surface area contributed by atoms with Gasteiger partial charge in [-0.1, -0.05) is 0 Å². The molecule has 1 aromatic carbocycles. The van der Waals surface area contributed by atoms with E-state index < -0.39 is 5.97 Å². The van der Waals surface area contributed by atoms with Crippen molar-refractivity contribution in [3.63, 3.8) is 0 Å². The zero-order valence-electron chi connectivity index (χ0n) is 10.2. The topological polar surface area (TPSA) is 49.8 Å². The standard InChI is InChI=1S/C13H16FNO3/c1-9-8-15(6-2-3-13(16)17)11-5-4-10(14)7-12(11)18-9/h4-5,7,9H,2-3,6,8H2,1H3,(H,16,17). The molecule has 2 rings (SSSR count). The average molecular weight is 253 g/mol. The highest BCUT2D eigenvalue weighted by Crippen LogP contribution is 2.33. The van der Waals surface area contributed by atoms with Gasteiger partial charge in [0, 0.05) is 19.0 Å². The van der Waals surface area contributed by atoms with Crippen LogP contribution in [0.25, 0.3) is 0 Å². The van der Waals surface area contributed by atoms with Gasteiger partial charge in [-0.05, 0) is 25.5 Å². The number of carbonyl (C=O) groups is 1. The van der Waals surface area contributed by atoms with E-state index in [1.807, 2.05) is 11.8 Å². The van der Waals surface area contributed by atoms with E-state index in [1.165, 1.54) is 12.1 Å². The molecule has 1 N–H and O–H groups in total. The molecule has 1 heterocycles. The maximum atomic E-state index is 13.1. The summed E-state index contributed by atoms with van der Waals surface area (Å²) in [6.45, 7) is 3.24. The number of ether oxygens (including phenoxy) is 1. The molecule has 1 aliphatic rings. The summed E-state index contributed by atoms with van der Waals surface area (Å²) in [6, 6.07) is 4.44. The number of benzene rings is 1. The van der Waals surface area contributed by atoms with Gasteiger partial charge < -0.3 is 14.7 Å². The molecule has 0 amide bonds. The van der Waals surface area contributed by atoms with Crippen molar-refractivity contribution in [3.05, 3.63) is 24.0 Å². The fraction of sp³-hybridized carbons (Fsp3) is 0.462. The molecule has 0 aromatic heterocycles. The summed E-state index contributed by atoms with van der Waals surface area (Å²) >= 11 is 0. The molecular formula is C13H16FNO3. The van der Waals surface area contributed by atoms with Crippen molar-refractivity contribution in [3.8, 4) is 5.75 Å². The first-order valence-corrected chi connectivity index (χ1v) is 5.99. The zero-order chi connectivity index (χ0) is 13.1. The molecule has 1 aliphatic heterocycles. The number of nitrogens with zero attached hydrogens (tertiary/aromatic N) is 1. The molecule has 5 heteroatoms. The average Bonchev–Trinajstić information content (AvgIpc) is 2.27. The summed E-state index contributed by atoms with van der Waals surface area (Å²) in [7, 11) is 0. The predicted octanol–water partition coefficient (Wildman–Crippen LogP) is 2.28. The van der Waals surface area contributed by atoms with Crippen molar-refractivity contribution in [1.82, 2.24) is 0 Å². The van der Waals surface area contributed by atoms with Crippen LogP contribution in [0.15, 0.2) is 18.2 Å². The first kappa shape index (κ1) is 12.7. The number of hydrogen-bond acceptors (Lipinski definition) is 3. The van der Waals surface area contributed by atoms with Crippen LogP contribution in [-0.4, -0.2) is 30.3 Å². The minimum atomic E-state index is -0.796. The lowest BCUT2D eigenvalue weighted by Gasteiger charge is -2.34. The lowest BCUT2D eigenvalue weighted by atomic mass is 10.1. The molecule has 1 atom stereocenters. The molecule has 0 spiro atoms. The zero-order valence-corrected chi connectivity index (χ0v) is 10.2. The molecule has 1 aromatic rings. The highest BCUT2D eigenvalue weighted by Gasteiger charge is 2.23. The van der Waals surface area contributed by atoms with Gasteiger partial charge in [-0.2, -0.15) is 0 Å². The van der Waals surface area contributed by atoms with E-state index in [0.717, 1.165) is 5.69 Å². The molecule has 4 nitrogen and oxygen atoms in total. The normalized spacial score (nSPS) is 18.1. The van der Waals surface area contributed by atoms with Crippen molar-refractivity contribution in [2.24, 2.45) is 0 Å². The Labute approximate surface area is 105 Å². The molecule has 1 unspecified atom stereocenters.